The lowest BCUT2D eigenvalue weighted by molar-refractivity contribution is 0.174. The Morgan fingerprint density at radius 2 is 2.03 bits per heavy atom. The fourth-order valence-corrected chi connectivity index (χ4v) is 3.77. The molecule has 0 saturated carbocycles. The minimum atomic E-state index is -0.347. The quantitative estimate of drug-likeness (QED) is 0.425. The van der Waals surface area contributed by atoms with E-state index in [2.05, 4.69) is 15.2 Å². The van der Waals surface area contributed by atoms with Crippen LogP contribution in [0.2, 0.25) is 5.02 Å². The van der Waals surface area contributed by atoms with Gasteiger partial charge in [0, 0.05) is 23.8 Å². The van der Waals surface area contributed by atoms with Crippen molar-refractivity contribution < 1.29 is 13.9 Å². The first-order chi connectivity index (χ1) is 14.6. The number of fused-ring (bicyclic) bond motifs is 5. The van der Waals surface area contributed by atoms with Gasteiger partial charge in [0.25, 0.3) is 0 Å². The largest absolute Gasteiger partial charge is 0.487 e. The third-order valence-corrected chi connectivity index (χ3v) is 5.23. The summed E-state index contributed by atoms with van der Waals surface area (Å²) in [6.07, 6.45) is 1.75. The number of hydrogen-bond donors (Lipinski definition) is 0. The highest BCUT2D eigenvalue weighted by Crippen LogP contribution is 2.34. The second-order valence-electron chi connectivity index (χ2n) is 6.87. The van der Waals surface area contributed by atoms with Crippen LogP contribution in [-0.2, 0) is 24.5 Å². The lowest BCUT2D eigenvalue weighted by Gasteiger charge is -2.10. The molecule has 0 bridgehead atoms. The molecule has 1 aliphatic rings. The highest BCUT2D eigenvalue weighted by atomic mass is 35.5. The van der Waals surface area contributed by atoms with Gasteiger partial charge in [0.05, 0.1) is 24.3 Å². The van der Waals surface area contributed by atoms with Crippen molar-refractivity contribution in [1.82, 2.24) is 24.3 Å². The zero-order chi connectivity index (χ0) is 20.7. The Labute approximate surface area is 176 Å². The van der Waals surface area contributed by atoms with Crippen molar-refractivity contribution in [2.24, 2.45) is 0 Å². The van der Waals surface area contributed by atoms with E-state index in [9.17, 15) is 4.39 Å². The van der Waals surface area contributed by atoms with Crippen molar-refractivity contribution in [2.75, 3.05) is 7.11 Å². The molecular formula is C21H17ClFN5O2. The number of halogens is 2. The molecule has 0 atom stereocenters. The molecule has 0 fully saturated rings. The van der Waals surface area contributed by atoms with Gasteiger partial charge >= 0.3 is 0 Å². The maximum absolute atomic E-state index is 13.5. The minimum Gasteiger partial charge on any atom is -0.487 e. The third kappa shape index (κ3) is 3.24. The summed E-state index contributed by atoms with van der Waals surface area (Å²) >= 11 is 6.27. The van der Waals surface area contributed by atoms with E-state index in [1.54, 1.807) is 25.6 Å². The predicted molar refractivity (Wildman–Crippen MR) is 108 cm³/mol. The summed E-state index contributed by atoms with van der Waals surface area (Å²) in [5, 5.41) is 9.28. The molecule has 30 heavy (non-hydrogen) atoms. The van der Waals surface area contributed by atoms with Crippen LogP contribution >= 0.6 is 11.6 Å². The molecule has 2 aromatic carbocycles. The van der Waals surface area contributed by atoms with E-state index >= 15 is 0 Å². The van der Waals surface area contributed by atoms with Gasteiger partial charge in [0.1, 0.15) is 30.5 Å². The topological polar surface area (TPSA) is 67.0 Å². The summed E-state index contributed by atoms with van der Waals surface area (Å²) < 4.78 is 28.5. The van der Waals surface area contributed by atoms with Gasteiger partial charge in [0.15, 0.2) is 11.6 Å². The summed E-state index contributed by atoms with van der Waals surface area (Å²) in [6, 6.07) is 11.7. The SMILES string of the molecule is COCc1nnc2n1Cc1c(COc3cccc(F)c3)ncn1-c1ccc(Cl)cc1-2. The molecule has 7 nitrogen and oxygen atoms in total. The molecule has 0 N–H and O–H groups in total. The van der Waals surface area contributed by atoms with E-state index < -0.39 is 0 Å². The lowest BCUT2D eigenvalue weighted by atomic mass is 10.1. The zero-order valence-electron chi connectivity index (χ0n) is 16.0. The van der Waals surface area contributed by atoms with E-state index in [1.807, 2.05) is 27.3 Å². The number of aromatic nitrogens is 5. The van der Waals surface area contributed by atoms with Crippen LogP contribution < -0.4 is 4.74 Å². The maximum atomic E-state index is 13.5. The highest BCUT2D eigenvalue weighted by molar-refractivity contribution is 6.31. The van der Waals surface area contributed by atoms with Gasteiger partial charge in [-0.1, -0.05) is 17.7 Å². The molecule has 0 radical (unpaired) electrons. The molecule has 9 heteroatoms. The van der Waals surface area contributed by atoms with Crippen LogP contribution in [-0.4, -0.2) is 31.4 Å². The van der Waals surface area contributed by atoms with Gasteiger partial charge in [-0.25, -0.2) is 9.37 Å². The number of hydrogen-bond acceptors (Lipinski definition) is 5. The van der Waals surface area contributed by atoms with Gasteiger partial charge < -0.3 is 18.6 Å². The molecule has 2 aromatic heterocycles. The van der Waals surface area contributed by atoms with Crippen molar-refractivity contribution >= 4 is 11.6 Å². The molecular weight excluding hydrogens is 409 g/mol. The number of benzene rings is 2. The molecule has 0 saturated heterocycles. The number of methoxy groups -OCH3 is 1. The minimum absolute atomic E-state index is 0.200. The van der Waals surface area contributed by atoms with E-state index in [-0.39, 0.29) is 12.4 Å². The molecule has 5 rings (SSSR count). The average molecular weight is 426 g/mol. The Bertz CT molecular complexity index is 1240. The fraction of sp³-hybridized carbons (Fsp3) is 0.190. The van der Waals surface area contributed by atoms with Gasteiger partial charge in [-0.3, -0.25) is 0 Å². The molecule has 0 aliphatic carbocycles. The van der Waals surface area contributed by atoms with Crippen molar-refractivity contribution in [3.63, 3.8) is 0 Å². The summed E-state index contributed by atoms with van der Waals surface area (Å²) in [5.41, 5.74) is 3.41. The average Bonchev–Trinajstić information content (AvgIpc) is 3.28. The fourth-order valence-electron chi connectivity index (χ4n) is 3.60. The van der Waals surface area contributed by atoms with Crippen LogP contribution in [0.4, 0.5) is 4.39 Å². The van der Waals surface area contributed by atoms with E-state index in [0.717, 1.165) is 22.6 Å². The predicted octanol–water partition coefficient (Wildman–Crippen LogP) is 4.01. The molecule has 3 heterocycles. The van der Waals surface area contributed by atoms with Crippen LogP contribution in [0, 0.1) is 5.82 Å². The number of ether oxygens (including phenoxy) is 2. The van der Waals surface area contributed by atoms with Gasteiger partial charge in [-0.2, -0.15) is 0 Å². The highest BCUT2D eigenvalue weighted by Gasteiger charge is 2.26. The molecule has 0 amide bonds. The molecule has 0 unspecified atom stereocenters. The van der Waals surface area contributed by atoms with E-state index in [4.69, 9.17) is 21.1 Å². The molecule has 4 aromatic rings. The summed E-state index contributed by atoms with van der Waals surface area (Å²) in [7, 11) is 1.62. The number of nitrogens with zero attached hydrogens (tertiary/aromatic N) is 5. The Balaban J connectivity index is 1.59. The third-order valence-electron chi connectivity index (χ3n) is 4.99. The van der Waals surface area contributed by atoms with E-state index in [1.165, 1.54) is 12.1 Å². The van der Waals surface area contributed by atoms with Gasteiger partial charge in [0.2, 0.25) is 0 Å². The molecule has 0 spiro atoms. The van der Waals surface area contributed by atoms with Gasteiger partial charge in [-0.05, 0) is 30.3 Å². The Kier molecular flexibility index (Phi) is 4.72. The van der Waals surface area contributed by atoms with Crippen molar-refractivity contribution in [1.29, 1.82) is 0 Å². The summed E-state index contributed by atoms with van der Waals surface area (Å²) in [6.45, 7) is 1.01. The van der Waals surface area contributed by atoms with E-state index in [0.29, 0.717) is 35.6 Å². The summed E-state index contributed by atoms with van der Waals surface area (Å²) in [5.74, 6) is 1.51. The first kappa shape index (κ1) is 18.8. The standard InChI is InChI=1S/C21H17ClFN5O2/c1-29-11-20-25-26-21-16-7-13(22)5-6-18(16)28-12-24-17(19(28)9-27(20)21)10-30-15-4-2-3-14(23)8-15/h2-8,12H,9-11H2,1H3. The van der Waals surface area contributed by atoms with Crippen LogP contribution in [0.5, 0.6) is 5.75 Å². The van der Waals surface area contributed by atoms with Crippen molar-refractivity contribution in [3.8, 4) is 22.8 Å². The van der Waals surface area contributed by atoms with Crippen molar-refractivity contribution in [2.45, 2.75) is 19.8 Å². The Hall–Kier alpha value is -3.23. The molecule has 1 aliphatic heterocycles. The maximum Gasteiger partial charge on any atom is 0.166 e. The van der Waals surface area contributed by atoms with Crippen LogP contribution in [0.3, 0.4) is 0 Å². The Morgan fingerprint density at radius 1 is 1.13 bits per heavy atom. The Morgan fingerprint density at radius 3 is 2.87 bits per heavy atom. The second kappa shape index (κ2) is 7.55. The summed E-state index contributed by atoms with van der Waals surface area (Å²) in [4.78, 5) is 4.56. The second-order valence-corrected chi connectivity index (χ2v) is 7.31. The normalized spacial score (nSPS) is 12.1. The molecule has 152 valence electrons. The van der Waals surface area contributed by atoms with Gasteiger partial charge in [-0.15, -0.1) is 10.2 Å². The first-order valence-corrected chi connectivity index (χ1v) is 9.66. The zero-order valence-corrected chi connectivity index (χ0v) is 16.8. The number of rotatable bonds is 5. The lowest BCUT2D eigenvalue weighted by Crippen LogP contribution is -2.11. The van der Waals surface area contributed by atoms with Crippen LogP contribution in [0.15, 0.2) is 48.8 Å². The first-order valence-electron chi connectivity index (χ1n) is 9.29. The number of imidazole rings is 1. The van der Waals surface area contributed by atoms with Crippen LogP contribution in [0.25, 0.3) is 17.1 Å². The van der Waals surface area contributed by atoms with Crippen molar-refractivity contribution in [3.05, 3.63) is 76.8 Å². The smallest absolute Gasteiger partial charge is 0.166 e. The monoisotopic (exact) mass is 425 g/mol. The van der Waals surface area contributed by atoms with Crippen LogP contribution in [0.1, 0.15) is 17.2 Å².